The summed E-state index contributed by atoms with van der Waals surface area (Å²) in [4.78, 5) is 36.0. The van der Waals surface area contributed by atoms with Crippen LogP contribution in [0.1, 0.15) is 23.2 Å². The molecule has 2 N–H and O–H groups in total. The maximum Gasteiger partial charge on any atom is 0.417 e. The number of likely N-dealkylation sites (tertiary alicyclic amines) is 2. The molecule has 46 heavy (non-hydrogen) atoms. The van der Waals surface area contributed by atoms with E-state index in [9.17, 15) is 33.1 Å². The molecule has 1 aromatic carbocycles. The highest BCUT2D eigenvalue weighted by molar-refractivity contribution is 6.01. The molecule has 0 bridgehead atoms. The van der Waals surface area contributed by atoms with Crippen LogP contribution in [0.2, 0.25) is 0 Å². The van der Waals surface area contributed by atoms with Crippen molar-refractivity contribution >= 4 is 29.0 Å². The van der Waals surface area contributed by atoms with Gasteiger partial charge in [0, 0.05) is 58.6 Å². The normalized spacial score (nSPS) is 22.5. The van der Waals surface area contributed by atoms with Gasteiger partial charge < -0.3 is 29.9 Å². The number of pyridine rings is 1. The molecule has 3 atom stereocenters. The molecule has 4 heterocycles. The van der Waals surface area contributed by atoms with Crippen LogP contribution in [0, 0.1) is 24.1 Å². The van der Waals surface area contributed by atoms with Crippen LogP contribution in [0.25, 0.3) is 0 Å². The van der Waals surface area contributed by atoms with E-state index in [1.807, 2.05) is 4.90 Å². The first-order valence-corrected chi connectivity index (χ1v) is 14.8. The van der Waals surface area contributed by atoms with Crippen molar-refractivity contribution in [2.24, 2.45) is 0 Å². The number of fused-ring (bicyclic) bond motifs is 1. The number of aryl methyl sites for hydroxylation is 1. The van der Waals surface area contributed by atoms with E-state index in [-0.39, 0.29) is 47.9 Å². The Labute approximate surface area is 263 Å². The number of alkyl halides is 3. The van der Waals surface area contributed by atoms with Gasteiger partial charge in [0.1, 0.15) is 29.3 Å². The summed E-state index contributed by atoms with van der Waals surface area (Å²) in [6.45, 7) is 7.30. The molecule has 5 rings (SSSR count). The number of rotatable bonds is 8. The highest BCUT2D eigenvalue weighted by Crippen LogP contribution is 2.37. The molecule has 15 heteroatoms. The minimum atomic E-state index is -4.81. The summed E-state index contributed by atoms with van der Waals surface area (Å²) in [6.07, 6.45) is -4.90. The minimum Gasteiger partial charge on any atom is -0.389 e. The van der Waals surface area contributed by atoms with E-state index in [0.29, 0.717) is 39.3 Å². The Bertz CT molecular complexity index is 1540. The lowest BCUT2D eigenvalue weighted by Crippen LogP contribution is -2.56. The van der Waals surface area contributed by atoms with Crippen LogP contribution in [0.4, 0.5) is 34.8 Å². The van der Waals surface area contributed by atoms with Gasteiger partial charge >= 0.3 is 6.18 Å². The number of nitriles is 1. The first-order chi connectivity index (χ1) is 21.8. The number of aromatic nitrogens is 1. The second kappa shape index (κ2) is 13.2. The van der Waals surface area contributed by atoms with Crippen LogP contribution in [0.5, 0.6) is 0 Å². The molecule has 0 spiro atoms. The number of nitrogens with zero attached hydrogens (tertiary/aromatic N) is 6. The van der Waals surface area contributed by atoms with Crippen LogP contribution in [0.3, 0.4) is 0 Å². The number of ether oxygens (including phenoxy) is 1. The highest BCUT2D eigenvalue weighted by Gasteiger charge is 2.40. The SMILES string of the molecule is C=CC(=O)N1CC(O[C@@H]2CN(CCN3CC[C@H](Nc4nc(C)cc(C(F)(F)F)c4C#N)C(=O)N(C)c4cccc(F)c43)C[C@H]2O)C1. The van der Waals surface area contributed by atoms with Crippen molar-refractivity contribution in [2.45, 2.75) is 43.9 Å². The molecule has 2 fully saturated rings. The number of anilines is 3. The molecule has 3 aliphatic heterocycles. The Kier molecular flexibility index (Phi) is 9.52. The van der Waals surface area contributed by atoms with Gasteiger partial charge in [0.25, 0.3) is 0 Å². The van der Waals surface area contributed by atoms with E-state index in [1.165, 1.54) is 37.1 Å². The molecule has 0 saturated carbocycles. The number of carbonyl (C=O) groups is 2. The Morgan fingerprint density at radius 1 is 1.26 bits per heavy atom. The summed E-state index contributed by atoms with van der Waals surface area (Å²) < 4.78 is 62.5. The van der Waals surface area contributed by atoms with Crippen molar-refractivity contribution in [3.63, 3.8) is 0 Å². The standard InChI is InChI=1S/C31H35F4N7O4/c1-4-27(44)42-14-19(15-42)46-26-17-40(16-25(26)43)10-11-41-9-8-23(30(45)39(3)24-7-5-6-22(32)28(24)41)38-29-20(13-36)21(31(33,34)35)12-18(2)37-29/h4-7,12,19,23,25-26,43H,1,8-11,14-17H2,2-3H3,(H,37,38)/t23-,25+,26+/m0/s1. The number of benzene rings is 1. The van der Waals surface area contributed by atoms with E-state index in [4.69, 9.17) is 4.74 Å². The summed E-state index contributed by atoms with van der Waals surface area (Å²) >= 11 is 0. The van der Waals surface area contributed by atoms with Crippen molar-refractivity contribution in [1.29, 1.82) is 5.26 Å². The van der Waals surface area contributed by atoms with Gasteiger partial charge in [0.05, 0.1) is 35.3 Å². The second-order valence-corrected chi connectivity index (χ2v) is 11.7. The molecule has 246 valence electrons. The Hall–Kier alpha value is -4.26. The molecule has 0 aliphatic carbocycles. The fourth-order valence-electron chi connectivity index (χ4n) is 6.09. The first kappa shape index (κ1) is 33.1. The Morgan fingerprint density at radius 2 is 2.00 bits per heavy atom. The number of aliphatic hydroxyl groups excluding tert-OH is 1. The quantitative estimate of drug-likeness (QED) is 0.329. The molecule has 3 aliphatic rings. The number of hydrogen-bond donors (Lipinski definition) is 2. The van der Waals surface area contributed by atoms with Gasteiger partial charge in [-0.2, -0.15) is 18.4 Å². The van der Waals surface area contributed by atoms with Gasteiger partial charge in [0.2, 0.25) is 11.8 Å². The number of amides is 2. The van der Waals surface area contributed by atoms with E-state index in [2.05, 4.69) is 16.9 Å². The van der Waals surface area contributed by atoms with E-state index < -0.39 is 47.3 Å². The molecule has 2 amide bonds. The van der Waals surface area contributed by atoms with E-state index in [1.54, 1.807) is 21.9 Å². The number of aliphatic hydroxyl groups is 1. The molecular weight excluding hydrogens is 610 g/mol. The zero-order valence-corrected chi connectivity index (χ0v) is 25.4. The lowest BCUT2D eigenvalue weighted by Gasteiger charge is -2.40. The summed E-state index contributed by atoms with van der Waals surface area (Å²) in [5.41, 5.74) is -1.37. The zero-order valence-electron chi connectivity index (χ0n) is 25.4. The predicted molar refractivity (Wildman–Crippen MR) is 161 cm³/mol. The maximum atomic E-state index is 15.4. The average Bonchev–Trinajstić information content (AvgIpc) is 3.34. The number of likely N-dealkylation sites (N-methyl/N-ethyl adjacent to an activating group) is 1. The third-order valence-electron chi connectivity index (χ3n) is 8.54. The molecule has 0 radical (unpaired) electrons. The summed E-state index contributed by atoms with van der Waals surface area (Å²) in [7, 11) is 1.46. The number of para-hydroxylation sites is 1. The van der Waals surface area contributed by atoms with Gasteiger partial charge in [-0.05, 0) is 37.6 Å². The molecule has 2 aromatic rings. The molecular formula is C31H35F4N7O4. The van der Waals surface area contributed by atoms with Crippen molar-refractivity contribution in [3.05, 3.63) is 59.6 Å². The molecule has 0 unspecified atom stereocenters. The fraction of sp³-hybridized carbons (Fsp3) is 0.484. The third kappa shape index (κ3) is 6.79. The van der Waals surface area contributed by atoms with Gasteiger partial charge in [-0.15, -0.1) is 0 Å². The number of β-amino-alcohol motifs (C(OH)–C–C–N with tert-alkyl or cyclic N) is 1. The highest BCUT2D eigenvalue weighted by atomic mass is 19.4. The smallest absolute Gasteiger partial charge is 0.389 e. The lowest BCUT2D eigenvalue weighted by molar-refractivity contribution is -0.148. The van der Waals surface area contributed by atoms with Gasteiger partial charge in [0.15, 0.2) is 0 Å². The third-order valence-corrected chi connectivity index (χ3v) is 8.54. The molecule has 2 saturated heterocycles. The largest absolute Gasteiger partial charge is 0.417 e. The van der Waals surface area contributed by atoms with Crippen LogP contribution in [-0.2, 0) is 20.5 Å². The van der Waals surface area contributed by atoms with Crippen LogP contribution < -0.4 is 15.1 Å². The number of halogens is 4. The van der Waals surface area contributed by atoms with Crippen molar-refractivity contribution in [3.8, 4) is 6.07 Å². The fourth-order valence-corrected chi connectivity index (χ4v) is 6.09. The van der Waals surface area contributed by atoms with Crippen LogP contribution in [-0.4, -0.2) is 109 Å². The summed E-state index contributed by atoms with van der Waals surface area (Å²) in [6, 6.07) is 5.62. The lowest BCUT2D eigenvalue weighted by atomic mass is 10.0. The zero-order chi connectivity index (χ0) is 33.3. The molecule has 1 aromatic heterocycles. The Balaban J connectivity index is 1.31. The van der Waals surface area contributed by atoms with Crippen molar-refractivity contribution in [1.82, 2.24) is 14.8 Å². The molecule has 11 nitrogen and oxygen atoms in total. The maximum absolute atomic E-state index is 15.4. The number of carbonyl (C=O) groups excluding carboxylic acids is 2. The van der Waals surface area contributed by atoms with Crippen molar-refractivity contribution < 1.29 is 37.0 Å². The summed E-state index contributed by atoms with van der Waals surface area (Å²) in [5.74, 6) is -1.60. The van der Waals surface area contributed by atoms with Crippen LogP contribution in [0.15, 0.2) is 36.9 Å². The van der Waals surface area contributed by atoms with Gasteiger partial charge in [-0.25, -0.2) is 9.37 Å². The first-order valence-electron chi connectivity index (χ1n) is 14.8. The predicted octanol–water partition coefficient (Wildman–Crippen LogP) is 2.53. The van der Waals surface area contributed by atoms with Crippen molar-refractivity contribution in [2.75, 3.05) is 68.0 Å². The number of hydrogen-bond acceptors (Lipinski definition) is 9. The topological polar surface area (TPSA) is 125 Å². The Morgan fingerprint density at radius 3 is 2.67 bits per heavy atom. The van der Waals surface area contributed by atoms with Crippen LogP contribution >= 0.6 is 0 Å². The van der Waals surface area contributed by atoms with Gasteiger partial charge in [-0.1, -0.05) is 12.6 Å². The van der Waals surface area contributed by atoms with E-state index >= 15 is 4.39 Å². The second-order valence-electron chi connectivity index (χ2n) is 11.7. The minimum absolute atomic E-state index is 0.0180. The average molecular weight is 646 g/mol. The van der Waals surface area contributed by atoms with E-state index in [0.717, 1.165) is 6.07 Å². The van der Waals surface area contributed by atoms with Gasteiger partial charge in [-0.3, -0.25) is 14.5 Å². The summed E-state index contributed by atoms with van der Waals surface area (Å²) in [5, 5.41) is 23.0. The number of nitrogens with one attached hydrogen (secondary N) is 1. The monoisotopic (exact) mass is 645 g/mol.